The molecule has 3 nitrogen and oxygen atoms in total. The lowest BCUT2D eigenvalue weighted by molar-refractivity contribution is 0.351. The lowest BCUT2D eigenvalue weighted by atomic mass is 10.0. The Morgan fingerprint density at radius 3 is 2.17 bits per heavy atom. The van der Waals surface area contributed by atoms with Crippen LogP contribution >= 0.6 is 12.6 Å². The molecule has 12 heavy (non-hydrogen) atoms. The summed E-state index contributed by atoms with van der Waals surface area (Å²) in [5.41, 5.74) is 11.2. The molecule has 0 saturated heterocycles. The van der Waals surface area contributed by atoms with Crippen molar-refractivity contribution in [1.82, 2.24) is 5.32 Å². The molecule has 0 saturated carbocycles. The Bertz CT molecular complexity index is 118. The highest BCUT2D eigenvalue weighted by Crippen LogP contribution is 2.04. The highest BCUT2D eigenvalue weighted by Gasteiger charge is 2.21. The van der Waals surface area contributed by atoms with Gasteiger partial charge in [-0.15, -0.1) is 0 Å². The van der Waals surface area contributed by atoms with Crippen molar-refractivity contribution in [3.05, 3.63) is 0 Å². The second kappa shape index (κ2) is 4.46. The Morgan fingerprint density at radius 1 is 1.33 bits per heavy atom. The molecule has 1 atom stereocenters. The smallest absolute Gasteiger partial charge is 0.0341 e. The molecule has 0 bridgehead atoms. The van der Waals surface area contributed by atoms with Gasteiger partial charge in [0.15, 0.2) is 0 Å². The second-order valence-corrected chi connectivity index (χ2v) is 4.57. The van der Waals surface area contributed by atoms with Gasteiger partial charge in [-0.05, 0) is 20.8 Å². The van der Waals surface area contributed by atoms with E-state index in [1.807, 2.05) is 6.92 Å². The van der Waals surface area contributed by atoms with E-state index in [0.29, 0.717) is 12.3 Å². The van der Waals surface area contributed by atoms with Crippen LogP contribution in [0.2, 0.25) is 0 Å². The van der Waals surface area contributed by atoms with Crippen LogP contribution in [0.5, 0.6) is 0 Å². The van der Waals surface area contributed by atoms with E-state index >= 15 is 0 Å². The van der Waals surface area contributed by atoms with Crippen LogP contribution < -0.4 is 16.8 Å². The molecular weight excluding hydrogens is 170 g/mol. The van der Waals surface area contributed by atoms with Crippen LogP contribution in [0.4, 0.5) is 0 Å². The van der Waals surface area contributed by atoms with Gasteiger partial charge in [-0.3, -0.25) is 0 Å². The SMILES string of the molecule is CC(N)(CS)CNC(C)(C)CN. The summed E-state index contributed by atoms with van der Waals surface area (Å²) in [5.74, 6) is 0.667. The molecule has 5 N–H and O–H groups in total. The maximum absolute atomic E-state index is 5.90. The van der Waals surface area contributed by atoms with Crippen LogP contribution in [-0.4, -0.2) is 29.9 Å². The van der Waals surface area contributed by atoms with Gasteiger partial charge in [-0.2, -0.15) is 12.6 Å². The first-order valence-electron chi connectivity index (χ1n) is 4.18. The Labute approximate surface area is 80.7 Å². The monoisotopic (exact) mass is 191 g/mol. The summed E-state index contributed by atoms with van der Waals surface area (Å²) >= 11 is 4.16. The van der Waals surface area contributed by atoms with Gasteiger partial charge in [0.25, 0.3) is 0 Å². The molecule has 0 aromatic carbocycles. The molecule has 1 unspecified atom stereocenters. The van der Waals surface area contributed by atoms with E-state index < -0.39 is 0 Å². The zero-order valence-electron chi connectivity index (χ0n) is 8.22. The predicted molar refractivity (Wildman–Crippen MR) is 57.6 cm³/mol. The third-order valence-corrected chi connectivity index (χ3v) is 2.56. The van der Waals surface area contributed by atoms with E-state index in [4.69, 9.17) is 11.5 Å². The van der Waals surface area contributed by atoms with Crippen LogP contribution in [0.25, 0.3) is 0 Å². The fourth-order valence-corrected chi connectivity index (χ4v) is 0.681. The topological polar surface area (TPSA) is 64.1 Å². The molecule has 0 aromatic heterocycles. The first kappa shape index (κ1) is 12.2. The number of thiol groups is 1. The molecular formula is C8H21N3S. The Kier molecular flexibility index (Phi) is 4.55. The molecule has 0 aromatic rings. The van der Waals surface area contributed by atoms with Crippen LogP contribution in [0.1, 0.15) is 20.8 Å². The van der Waals surface area contributed by atoms with Crippen molar-refractivity contribution in [2.75, 3.05) is 18.8 Å². The van der Waals surface area contributed by atoms with Crippen molar-refractivity contribution < 1.29 is 0 Å². The van der Waals surface area contributed by atoms with Crippen molar-refractivity contribution >= 4 is 12.6 Å². The van der Waals surface area contributed by atoms with Gasteiger partial charge in [-0.25, -0.2) is 0 Å². The van der Waals surface area contributed by atoms with Gasteiger partial charge in [0, 0.05) is 29.9 Å². The van der Waals surface area contributed by atoms with Crippen molar-refractivity contribution in [3.8, 4) is 0 Å². The Balaban J connectivity index is 3.82. The van der Waals surface area contributed by atoms with E-state index in [9.17, 15) is 0 Å². The fraction of sp³-hybridized carbons (Fsp3) is 1.00. The maximum atomic E-state index is 5.90. The van der Waals surface area contributed by atoms with Gasteiger partial charge in [-0.1, -0.05) is 0 Å². The van der Waals surface area contributed by atoms with E-state index in [2.05, 4.69) is 31.8 Å². The molecule has 0 aliphatic rings. The standard InChI is InChI=1S/C8H21N3S/c1-7(2,4-9)11-5-8(3,10)6-12/h11-12H,4-6,9-10H2,1-3H3. The van der Waals surface area contributed by atoms with Crippen molar-refractivity contribution in [1.29, 1.82) is 0 Å². The average Bonchev–Trinajstić information content (AvgIpc) is 2.02. The van der Waals surface area contributed by atoms with Gasteiger partial charge in [0.05, 0.1) is 0 Å². The Hall–Kier alpha value is 0.230. The second-order valence-electron chi connectivity index (χ2n) is 4.25. The van der Waals surface area contributed by atoms with Crippen LogP contribution in [0.3, 0.4) is 0 Å². The summed E-state index contributed by atoms with van der Waals surface area (Å²) < 4.78 is 0. The third-order valence-electron chi connectivity index (χ3n) is 1.84. The molecule has 0 amide bonds. The van der Waals surface area contributed by atoms with Crippen LogP contribution in [0, 0.1) is 0 Å². The lowest BCUT2D eigenvalue weighted by Gasteiger charge is -2.30. The van der Waals surface area contributed by atoms with Crippen molar-refractivity contribution in [2.45, 2.75) is 31.8 Å². The number of rotatable bonds is 5. The molecule has 0 rings (SSSR count). The molecule has 74 valence electrons. The first-order chi connectivity index (χ1) is 5.33. The molecule has 0 heterocycles. The van der Waals surface area contributed by atoms with E-state index in [1.165, 1.54) is 0 Å². The van der Waals surface area contributed by atoms with Gasteiger partial charge in [0.2, 0.25) is 0 Å². The Morgan fingerprint density at radius 2 is 1.83 bits per heavy atom. The zero-order chi connectivity index (χ0) is 9.83. The molecule has 0 radical (unpaired) electrons. The molecule has 0 aliphatic heterocycles. The molecule has 0 spiro atoms. The number of nitrogens with two attached hydrogens (primary N) is 2. The zero-order valence-corrected chi connectivity index (χ0v) is 9.12. The van der Waals surface area contributed by atoms with E-state index in [-0.39, 0.29) is 11.1 Å². The predicted octanol–water partition coefficient (Wildman–Crippen LogP) is -0.0395. The largest absolute Gasteiger partial charge is 0.329 e. The molecule has 4 heteroatoms. The van der Waals surface area contributed by atoms with E-state index in [0.717, 1.165) is 6.54 Å². The van der Waals surface area contributed by atoms with Crippen LogP contribution in [0.15, 0.2) is 0 Å². The molecule has 0 aliphatic carbocycles. The first-order valence-corrected chi connectivity index (χ1v) is 4.81. The minimum atomic E-state index is -0.254. The number of nitrogens with one attached hydrogen (secondary N) is 1. The summed E-state index contributed by atoms with van der Waals surface area (Å²) in [6.45, 7) is 7.43. The summed E-state index contributed by atoms with van der Waals surface area (Å²) in [6.07, 6.45) is 0. The normalized spacial score (nSPS) is 17.5. The van der Waals surface area contributed by atoms with Gasteiger partial charge >= 0.3 is 0 Å². The number of hydrogen-bond acceptors (Lipinski definition) is 4. The summed E-state index contributed by atoms with van der Waals surface area (Å²) in [4.78, 5) is 0. The quantitative estimate of drug-likeness (QED) is 0.461. The van der Waals surface area contributed by atoms with Crippen molar-refractivity contribution in [3.63, 3.8) is 0 Å². The minimum Gasteiger partial charge on any atom is -0.329 e. The maximum Gasteiger partial charge on any atom is 0.0341 e. The minimum absolute atomic E-state index is 0.0381. The van der Waals surface area contributed by atoms with Gasteiger partial charge < -0.3 is 16.8 Å². The highest BCUT2D eigenvalue weighted by molar-refractivity contribution is 7.80. The van der Waals surface area contributed by atoms with Crippen molar-refractivity contribution in [2.24, 2.45) is 11.5 Å². The summed E-state index contributed by atoms with van der Waals surface area (Å²) in [7, 11) is 0. The fourth-order valence-electron chi connectivity index (χ4n) is 0.569. The lowest BCUT2D eigenvalue weighted by Crippen LogP contribution is -2.55. The molecule has 0 fully saturated rings. The number of hydrogen-bond donors (Lipinski definition) is 4. The highest BCUT2D eigenvalue weighted by atomic mass is 32.1. The van der Waals surface area contributed by atoms with Gasteiger partial charge in [0.1, 0.15) is 0 Å². The summed E-state index contributed by atoms with van der Waals surface area (Å²) in [5, 5.41) is 3.30. The summed E-state index contributed by atoms with van der Waals surface area (Å²) in [6, 6.07) is 0. The average molecular weight is 191 g/mol. The third kappa shape index (κ3) is 4.98. The van der Waals surface area contributed by atoms with E-state index in [1.54, 1.807) is 0 Å². The van der Waals surface area contributed by atoms with Crippen LogP contribution in [-0.2, 0) is 0 Å².